The van der Waals surface area contributed by atoms with Crippen LogP contribution in [0.15, 0.2) is 42.5 Å². The summed E-state index contributed by atoms with van der Waals surface area (Å²) in [6.07, 6.45) is 2.87. The maximum Gasteiger partial charge on any atom is 0.286 e. The van der Waals surface area contributed by atoms with Crippen LogP contribution in [0.25, 0.3) is 0 Å². The lowest BCUT2D eigenvalue weighted by atomic mass is 9.94. The lowest BCUT2D eigenvalue weighted by Crippen LogP contribution is -2.34. The molecule has 1 unspecified atom stereocenters. The van der Waals surface area contributed by atoms with Gasteiger partial charge in [-0.2, -0.15) is 0 Å². The standard InChI is InChI=1S/C21H24N2O5/c1-27-19-12-17(18(23(25)26)13-20(19)28-2)21(24)22-11-7-6-10-16(14-22)15-8-4-3-5-9-15/h3-5,8-9,12-13,16H,6-7,10-11,14H2,1-2H3. The number of rotatable bonds is 5. The predicted octanol–water partition coefficient (Wildman–Crippen LogP) is 4.02. The summed E-state index contributed by atoms with van der Waals surface area (Å²) < 4.78 is 10.4. The molecule has 0 aliphatic carbocycles. The van der Waals surface area contributed by atoms with Crippen LogP contribution in [0.4, 0.5) is 5.69 Å². The van der Waals surface area contributed by atoms with Gasteiger partial charge in [-0.3, -0.25) is 14.9 Å². The molecule has 0 aromatic heterocycles. The number of nitrogens with zero attached hydrogens (tertiary/aromatic N) is 2. The zero-order valence-corrected chi connectivity index (χ0v) is 16.1. The minimum Gasteiger partial charge on any atom is -0.493 e. The van der Waals surface area contributed by atoms with Crippen molar-refractivity contribution in [1.82, 2.24) is 4.90 Å². The van der Waals surface area contributed by atoms with Gasteiger partial charge in [-0.15, -0.1) is 0 Å². The van der Waals surface area contributed by atoms with Crippen molar-refractivity contribution in [3.8, 4) is 11.5 Å². The van der Waals surface area contributed by atoms with Gasteiger partial charge in [0.1, 0.15) is 5.56 Å². The minimum atomic E-state index is -0.554. The van der Waals surface area contributed by atoms with E-state index in [1.54, 1.807) is 4.90 Å². The average molecular weight is 384 g/mol. The van der Waals surface area contributed by atoms with E-state index in [2.05, 4.69) is 12.1 Å². The second kappa shape index (κ2) is 8.73. The van der Waals surface area contributed by atoms with Gasteiger partial charge in [0.25, 0.3) is 11.6 Å². The first-order chi connectivity index (χ1) is 13.5. The molecule has 7 nitrogen and oxygen atoms in total. The fourth-order valence-corrected chi connectivity index (χ4v) is 3.68. The summed E-state index contributed by atoms with van der Waals surface area (Å²) in [5.41, 5.74) is 0.934. The number of carbonyl (C=O) groups excluding carboxylic acids is 1. The van der Waals surface area contributed by atoms with Gasteiger partial charge >= 0.3 is 0 Å². The van der Waals surface area contributed by atoms with Crippen LogP contribution < -0.4 is 9.47 Å². The molecule has 0 bridgehead atoms. The Kier molecular flexibility index (Phi) is 6.13. The molecule has 0 N–H and O–H groups in total. The maximum atomic E-state index is 13.2. The average Bonchev–Trinajstić information content (AvgIpc) is 2.99. The predicted molar refractivity (Wildman–Crippen MR) is 105 cm³/mol. The highest BCUT2D eigenvalue weighted by atomic mass is 16.6. The molecule has 1 aliphatic heterocycles. The third-order valence-corrected chi connectivity index (χ3v) is 5.16. The molecule has 1 heterocycles. The van der Waals surface area contributed by atoms with Crippen LogP contribution in [0.3, 0.4) is 0 Å². The van der Waals surface area contributed by atoms with Crippen molar-refractivity contribution >= 4 is 11.6 Å². The van der Waals surface area contributed by atoms with Gasteiger partial charge in [-0.25, -0.2) is 0 Å². The van der Waals surface area contributed by atoms with Gasteiger partial charge in [0.15, 0.2) is 11.5 Å². The van der Waals surface area contributed by atoms with E-state index < -0.39 is 4.92 Å². The Morgan fingerprint density at radius 1 is 1.11 bits per heavy atom. The number of nitro groups is 1. The summed E-state index contributed by atoms with van der Waals surface area (Å²) >= 11 is 0. The number of methoxy groups -OCH3 is 2. The van der Waals surface area contributed by atoms with E-state index >= 15 is 0 Å². The fraction of sp³-hybridized carbons (Fsp3) is 0.381. The Bertz CT molecular complexity index is 853. The van der Waals surface area contributed by atoms with E-state index in [0.717, 1.165) is 19.3 Å². The molecular weight excluding hydrogens is 360 g/mol. The van der Waals surface area contributed by atoms with E-state index in [1.165, 1.54) is 31.9 Å². The number of likely N-dealkylation sites (tertiary alicyclic amines) is 1. The van der Waals surface area contributed by atoms with E-state index in [-0.39, 0.29) is 28.8 Å². The van der Waals surface area contributed by atoms with Crippen LogP contribution in [0.2, 0.25) is 0 Å². The van der Waals surface area contributed by atoms with Crippen molar-refractivity contribution in [2.75, 3.05) is 27.3 Å². The molecule has 1 saturated heterocycles. The van der Waals surface area contributed by atoms with Crippen molar-refractivity contribution in [3.05, 3.63) is 63.7 Å². The Labute approximate surface area is 164 Å². The molecule has 28 heavy (non-hydrogen) atoms. The number of ether oxygens (including phenoxy) is 2. The molecule has 0 saturated carbocycles. The van der Waals surface area contributed by atoms with E-state index in [9.17, 15) is 14.9 Å². The summed E-state index contributed by atoms with van der Waals surface area (Å²) in [6.45, 7) is 1.11. The highest BCUT2D eigenvalue weighted by Crippen LogP contribution is 2.36. The molecule has 2 aromatic rings. The summed E-state index contributed by atoms with van der Waals surface area (Å²) in [5.74, 6) is 0.386. The van der Waals surface area contributed by atoms with Crippen LogP contribution in [0, 0.1) is 10.1 Å². The largest absolute Gasteiger partial charge is 0.493 e. The smallest absolute Gasteiger partial charge is 0.286 e. The highest BCUT2D eigenvalue weighted by molar-refractivity contribution is 5.99. The lowest BCUT2D eigenvalue weighted by Gasteiger charge is -2.25. The maximum absolute atomic E-state index is 13.2. The Balaban J connectivity index is 1.94. The van der Waals surface area contributed by atoms with Crippen LogP contribution in [-0.4, -0.2) is 43.0 Å². The minimum absolute atomic E-state index is 0.0244. The molecule has 1 aliphatic rings. The first-order valence-corrected chi connectivity index (χ1v) is 9.29. The zero-order chi connectivity index (χ0) is 20.1. The number of benzene rings is 2. The van der Waals surface area contributed by atoms with E-state index in [0.29, 0.717) is 18.8 Å². The Morgan fingerprint density at radius 3 is 2.43 bits per heavy atom. The van der Waals surface area contributed by atoms with Crippen LogP contribution in [0.5, 0.6) is 11.5 Å². The second-order valence-corrected chi connectivity index (χ2v) is 6.84. The van der Waals surface area contributed by atoms with Crippen molar-refractivity contribution in [3.63, 3.8) is 0 Å². The van der Waals surface area contributed by atoms with Crippen LogP contribution in [-0.2, 0) is 0 Å². The second-order valence-electron chi connectivity index (χ2n) is 6.84. The highest BCUT2D eigenvalue weighted by Gasteiger charge is 2.30. The van der Waals surface area contributed by atoms with Crippen molar-refractivity contribution in [2.24, 2.45) is 0 Å². The first-order valence-electron chi connectivity index (χ1n) is 9.29. The third kappa shape index (κ3) is 4.08. The summed E-state index contributed by atoms with van der Waals surface area (Å²) in [6, 6.07) is 12.7. The number of hydrogen-bond acceptors (Lipinski definition) is 5. The lowest BCUT2D eigenvalue weighted by molar-refractivity contribution is -0.385. The van der Waals surface area contributed by atoms with Gasteiger partial charge in [0.2, 0.25) is 0 Å². The molecule has 2 aromatic carbocycles. The van der Waals surface area contributed by atoms with Crippen molar-refractivity contribution in [1.29, 1.82) is 0 Å². The normalized spacial score (nSPS) is 16.9. The summed E-state index contributed by atoms with van der Waals surface area (Å²) in [7, 11) is 2.84. The zero-order valence-electron chi connectivity index (χ0n) is 16.1. The molecule has 1 amide bonds. The quantitative estimate of drug-likeness (QED) is 0.574. The molecule has 1 atom stereocenters. The third-order valence-electron chi connectivity index (χ3n) is 5.16. The fourth-order valence-electron chi connectivity index (χ4n) is 3.68. The van der Waals surface area contributed by atoms with Crippen molar-refractivity contribution in [2.45, 2.75) is 25.2 Å². The number of carbonyl (C=O) groups is 1. The number of hydrogen-bond donors (Lipinski definition) is 0. The van der Waals surface area contributed by atoms with Crippen molar-refractivity contribution < 1.29 is 19.2 Å². The summed E-state index contributed by atoms with van der Waals surface area (Å²) in [4.78, 5) is 26.0. The first kappa shape index (κ1) is 19.7. The van der Waals surface area contributed by atoms with Gasteiger partial charge in [0, 0.05) is 25.1 Å². The molecule has 1 fully saturated rings. The van der Waals surface area contributed by atoms with Crippen LogP contribution in [0.1, 0.15) is 41.1 Å². The Morgan fingerprint density at radius 2 is 1.79 bits per heavy atom. The monoisotopic (exact) mass is 384 g/mol. The molecule has 0 radical (unpaired) electrons. The van der Waals surface area contributed by atoms with Gasteiger partial charge < -0.3 is 14.4 Å². The Hall–Kier alpha value is -3.09. The summed E-state index contributed by atoms with van der Waals surface area (Å²) in [5, 5.41) is 11.6. The van der Waals surface area contributed by atoms with Gasteiger partial charge in [0.05, 0.1) is 25.2 Å². The SMILES string of the molecule is COc1cc(C(=O)N2CCCCC(c3ccccc3)C2)c([N+](=O)[O-])cc1OC. The molecular formula is C21H24N2O5. The van der Waals surface area contributed by atoms with E-state index in [4.69, 9.17) is 9.47 Å². The number of nitro benzene ring substituents is 1. The van der Waals surface area contributed by atoms with Gasteiger partial charge in [-0.1, -0.05) is 36.8 Å². The van der Waals surface area contributed by atoms with Gasteiger partial charge in [-0.05, 0) is 18.4 Å². The van der Waals surface area contributed by atoms with Crippen LogP contribution >= 0.6 is 0 Å². The topological polar surface area (TPSA) is 81.9 Å². The van der Waals surface area contributed by atoms with E-state index in [1.807, 2.05) is 18.2 Å². The molecule has 148 valence electrons. The molecule has 7 heteroatoms. The number of amides is 1. The molecule has 0 spiro atoms. The molecule has 3 rings (SSSR count).